The number of benzene rings is 1. The van der Waals surface area contributed by atoms with E-state index < -0.39 is 11.6 Å². The van der Waals surface area contributed by atoms with Crippen molar-refractivity contribution in [1.82, 2.24) is 5.48 Å². The molecule has 0 bridgehead atoms. The van der Waals surface area contributed by atoms with Crippen LogP contribution in [0.5, 0.6) is 0 Å². The molecule has 0 spiro atoms. The van der Waals surface area contributed by atoms with E-state index in [0.717, 1.165) is 0 Å². The lowest BCUT2D eigenvalue weighted by molar-refractivity contribution is 0.0871. The van der Waals surface area contributed by atoms with Crippen molar-refractivity contribution in [2.45, 2.75) is 12.5 Å². The molecule has 2 nitrogen and oxygen atoms in total. The number of halogens is 2. The maximum atomic E-state index is 13.2. The van der Waals surface area contributed by atoms with Gasteiger partial charge in [0.15, 0.2) is 0 Å². The molecule has 1 aromatic rings. The topological polar surface area (TPSA) is 21.3 Å². The van der Waals surface area contributed by atoms with Crippen LogP contribution >= 0.6 is 0 Å². The molecule has 1 fully saturated rings. The first-order valence-electron chi connectivity index (χ1n) is 4.10. The second-order valence-corrected chi connectivity index (χ2v) is 2.94. The Kier molecular flexibility index (Phi) is 2.24. The van der Waals surface area contributed by atoms with Crippen LogP contribution in [0.25, 0.3) is 0 Å². The summed E-state index contributed by atoms with van der Waals surface area (Å²) in [5, 5.41) is 0. The lowest BCUT2D eigenvalue weighted by atomic mass is 10.0. The lowest BCUT2D eigenvalue weighted by Gasteiger charge is -2.10. The Balaban J connectivity index is 2.37. The van der Waals surface area contributed by atoms with E-state index in [1.807, 2.05) is 0 Å². The van der Waals surface area contributed by atoms with Gasteiger partial charge in [-0.15, -0.1) is 0 Å². The van der Waals surface area contributed by atoms with Crippen molar-refractivity contribution in [3.05, 3.63) is 35.4 Å². The third-order valence-electron chi connectivity index (χ3n) is 2.08. The molecule has 1 aromatic carbocycles. The molecule has 1 heterocycles. The van der Waals surface area contributed by atoms with Crippen molar-refractivity contribution in [2.75, 3.05) is 6.61 Å². The highest BCUT2D eigenvalue weighted by Crippen LogP contribution is 2.25. The van der Waals surface area contributed by atoms with Gasteiger partial charge < -0.3 is 4.84 Å². The SMILES string of the molecule is Fc1cccc(F)c1[C@@H]1CCON1. The van der Waals surface area contributed by atoms with E-state index in [0.29, 0.717) is 13.0 Å². The lowest BCUT2D eigenvalue weighted by Crippen LogP contribution is -2.14. The Morgan fingerprint density at radius 1 is 1.31 bits per heavy atom. The number of rotatable bonds is 1. The normalized spacial score (nSPS) is 22.2. The fourth-order valence-corrected chi connectivity index (χ4v) is 1.44. The van der Waals surface area contributed by atoms with Gasteiger partial charge in [0.25, 0.3) is 0 Å². The Hall–Kier alpha value is -1.00. The predicted molar refractivity (Wildman–Crippen MR) is 42.8 cm³/mol. The van der Waals surface area contributed by atoms with Crippen LogP contribution in [-0.4, -0.2) is 6.61 Å². The minimum absolute atomic E-state index is 0.0694. The molecular formula is C9H9F2NO. The van der Waals surface area contributed by atoms with Crippen LogP contribution in [0, 0.1) is 11.6 Å². The van der Waals surface area contributed by atoms with Gasteiger partial charge in [-0.05, 0) is 18.6 Å². The molecule has 1 aliphatic rings. The molecule has 0 aliphatic carbocycles. The Bertz CT molecular complexity index is 290. The molecule has 70 valence electrons. The van der Waals surface area contributed by atoms with Crippen molar-refractivity contribution >= 4 is 0 Å². The minimum Gasteiger partial charge on any atom is -0.301 e. The summed E-state index contributed by atoms with van der Waals surface area (Å²) >= 11 is 0. The van der Waals surface area contributed by atoms with Crippen LogP contribution in [0.3, 0.4) is 0 Å². The molecular weight excluding hydrogens is 176 g/mol. The highest BCUT2D eigenvalue weighted by molar-refractivity contribution is 5.23. The Morgan fingerprint density at radius 2 is 2.00 bits per heavy atom. The van der Waals surface area contributed by atoms with Crippen LogP contribution < -0.4 is 5.48 Å². The summed E-state index contributed by atoms with van der Waals surface area (Å²) in [6, 6.07) is 3.49. The van der Waals surface area contributed by atoms with Gasteiger partial charge in [0, 0.05) is 5.56 Å². The Morgan fingerprint density at radius 3 is 2.54 bits per heavy atom. The summed E-state index contributed by atoms with van der Waals surface area (Å²) < 4.78 is 26.3. The van der Waals surface area contributed by atoms with Crippen molar-refractivity contribution in [3.63, 3.8) is 0 Å². The average molecular weight is 185 g/mol. The fraction of sp³-hybridized carbons (Fsp3) is 0.333. The van der Waals surface area contributed by atoms with Crippen LogP contribution in [0.15, 0.2) is 18.2 Å². The van der Waals surface area contributed by atoms with Gasteiger partial charge in [0.2, 0.25) is 0 Å². The summed E-state index contributed by atoms with van der Waals surface area (Å²) in [4.78, 5) is 4.84. The molecule has 1 N–H and O–H groups in total. The zero-order valence-corrected chi connectivity index (χ0v) is 6.89. The smallest absolute Gasteiger partial charge is 0.131 e. The molecule has 0 unspecified atom stereocenters. The third-order valence-corrected chi connectivity index (χ3v) is 2.08. The van der Waals surface area contributed by atoms with E-state index in [1.165, 1.54) is 18.2 Å². The van der Waals surface area contributed by atoms with Gasteiger partial charge >= 0.3 is 0 Å². The molecule has 1 saturated heterocycles. The second-order valence-electron chi connectivity index (χ2n) is 2.94. The van der Waals surface area contributed by atoms with Gasteiger partial charge in [-0.25, -0.2) is 8.78 Å². The fourth-order valence-electron chi connectivity index (χ4n) is 1.44. The maximum absolute atomic E-state index is 13.2. The van der Waals surface area contributed by atoms with Gasteiger partial charge in [0.05, 0.1) is 12.6 Å². The number of nitrogens with one attached hydrogen (secondary N) is 1. The largest absolute Gasteiger partial charge is 0.301 e. The third kappa shape index (κ3) is 1.55. The van der Waals surface area contributed by atoms with Crippen molar-refractivity contribution < 1.29 is 13.6 Å². The first-order chi connectivity index (χ1) is 6.29. The summed E-state index contributed by atoms with van der Waals surface area (Å²) in [7, 11) is 0. The summed E-state index contributed by atoms with van der Waals surface area (Å²) in [6.07, 6.45) is 0.595. The first kappa shape index (κ1) is 8.59. The monoisotopic (exact) mass is 185 g/mol. The maximum Gasteiger partial charge on any atom is 0.131 e. The minimum atomic E-state index is -0.525. The van der Waals surface area contributed by atoms with E-state index in [9.17, 15) is 8.78 Å². The Labute approximate surface area is 74.5 Å². The molecule has 0 aromatic heterocycles. The zero-order chi connectivity index (χ0) is 9.26. The van der Waals surface area contributed by atoms with Crippen molar-refractivity contribution in [1.29, 1.82) is 0 Å². The van der Waals surface area contributed by atoms with E-state index >= 15 is 0 Å². The molecule has 0 amide bonds. The van der Waals surface area contributed by atoms with Gasteiger partial charge in [-0.3, -0.25) is 0 Å². The highest BCUT2D eigenvalue weighted by atomic mass is 19.1. The van der Waals surface area contributed by atoms with E-state index in [1.54, 1.807) is 0 Å². The van der Waals surface area contributed by atoms with E-state index in [4.69, 9.17) is 4.84 Å². The first-order valence-corrected chi connectivity index (χ1v) is 4.10. The molecule has 1 aliphatic heterocycles. The van der Waals surface area contributed by atoms with Crippen LogP contribution in [0.4, 0.5) is 8.78 Å². The summed E-state index contributed by atoms with van der Waals surface area (Å²) in [6.45, 7) is 0.485. The molecule has 2 rings (SSSR count). The van der Waals surface area contributed by atoms with Crippen LogP contribution in [-0.2, 0) is 4.84 Å². The number of hydrogen-bond donors (Lipinski definition) is 1. The average Bonchev–Trinajstić information content (AvgIpc) is 2.57. The number of hydrogen-bond acceptors (Lipinski definition) is 2. The molecule has 0 saturated carbocycles. The summed E-state index contributed by atoms with van der Waals surface area (Å²) in [5.74, 6) is -1.05. The van der Waals surface area contributed by atoms with Gasteiger partial charge in [0.1, 0.15) is 11.6 Å². The zero-order valence-electron chi connectivity index (χ0n) is 6.89. The molecule has 1 atom stereocenters. The van der Waals surface area contributed by atoms with E-state index in [-0.39, 0.29) is 11.6 Å². The highest BCUT2D eigenvalue weighted by Gasteiger charge is 2.23. The predicted octanol–water partition coefficient (Wildman–Crippen LogP) is 1.93. The second kappa shape index (κ2) is 3.40. The molecule has 4 heteroatoms. The van der Waals surface area contributed by atoms with Gasteiger partial charge in [-0.1, -0.05) is 6.07 Å². The standard InChI is InChI=1S/C9H9F2NO/c10-6-2-1-3-7(11)9(6)8-4-5-13-12-8/h1-3,8,12H,4-5H2/t8-/m0/s1. The quantitative estimate of drug-likeness (QED) is 0.721. The van der Waals surface area contributed by atoms with Crippen LogP contribution in [0.2, 0.25) is 0 Å². The molecule has 13 heavy (non-hydrogen) atoms. The summed E-state index contributed by atoms with van der Waals surface area (Å²) in [5.41, 5.74) is 2.64. The van der Waals surface area contributed by atoms with Crippen molar-refractivity contribution in [3.8, 4) is 0 Å². The van der Waals surface area contributed by atoms with E-state index in [2.05, 4.69) is 5.48 Å². The van der Waals surface area contributed by atoms with Crippen molar-refractivity contribution in [2.24, 2.45) is 0 Å². The molecule has 0 radical (unpaired) electrons. The van der Waals surface area contributed by atoms with Gasteiger partial charge in [-0.2, -0.15) is 5.48 Å². The van der Waals surface area contributed by atoms with Crippen LogP contribution in [0.1, 0.15) is 18.0 Å². The number of hydroxylamine groups is 1.